The minimum atomic E-state index is -4.26. The van der Waals surface area contributed by atoms with Crippen LogP contribution in [0.3, 0.4) is 0 Å². The molecule has 6 heteroatoms. The Morgan fingerprint density at radius 1 is 1.30 bits per heavy atom. The zero-order chi connectivity index (χ0) is 14.5. The number of nitrogens with one attached hydrogen (secondary N) is 1. The molecule has 1 fully saturated rings. The van der Waals surface area contributed by atoms with Crippen LogP contribution in [0.25, 0.3) is 0 Å². The Hall–Kier alpha value is -0.590. The van der Waals surface area contributed by atoms with Gasteiger partial charge in [-0.2, -0.15) is 13.2 Å². The molecule has 0 bridgehead atoms. The lowest BCUT2D eigenvalue weighted by molar-refractivity contribution is -0.134. The SMILES string of the molecule is CC1CC2(CC(C)N1)OCCc1cc(C(F)(F)F)sc12. The first-order valence-electron chi connectivity index (χ1n) is 6.90. The van der Waals surface area contributed by atoms with E-state index in [0.717, 1.165) is 34.6 Å². The molecule has 0 saturated carbocycles. The molecule has 0 aliphatic carbocycles. The van der Waals surface area contributed by atoms with Gasteiger partial charge in [0.2, 0.25) is 0 Å². The Bertz CT molecular complexity index is 501. The molecule has 2 aliphatic rings. The second-order valence-electron chi connectivity index (χ2n) is 5.93. The summed E-state index contributed by atoms with van der Waals surface area (Å²) in [6.07, 6.45) is -2.20. The smallest absolute Gasteiger partial charge is 0.369 e. The van der Waals surface area contributed by atoms with E-state index in [4.69, 9.17) is 4.74 Å². The molecule has 1 aromatic rings. The predicted octanol–water partition coefficient (Wildman–Crippen LogP) is 3.70. The van der Waals surface area contributed by atoms with E-state index >= 15 is 0 Å². The molecule has 112 valence electrons. The van der Waals surface area contributed by atoms with Gasteiger partial charge in [-0.05, 0) is 44.7 Å². The number of rotatable bonds is 0. The molecule has 1 aromatic heterocycles. The summed E-state index contributed by atoms with van der Waals surface area (Å²) in [6.45, 7) is 4.64. The van der Waals surface area contributed by atoms with E-state index in [0.29, 0.717) is 13.0 Å². The number of piperidine rings is 1. The van der Waals surface area contributed by atoms with E-state index in [1.807, 2.05) is 0 Å². The van der Waals surface area contributed by atoms with Crippen LogP contribution in [0.1, 0.15) is 42.0 Å². The molecule has 3 rings (SSSR count). The topological polar surface area (TPSA) is 21.3 Å². The van der Waals surface area contributed by atoms with E-state index in [1.54, 1.807) is 0 Å². The Balaban J connectivity index is 2.03. The van der Waals surface area contributed by atoms with Crippen molar-refractivity contribution in [2.45, 2.75) is 57.0 Å². The molecule has 1 spiro atoms. The number of fused-ring (bicyclic) bond motifs is 2. The van der Waals surface area contributed by atoms with Crippen LogP contribution >= 0.6 is 11.3 Å². The summed E-state index contributed by atoms with van der Waals surface area (Å²) >= 11 is 0.874. The maximum Gasteiger partial charge on any atom is 0.425 e. The molecule has 1 saturated heterocycles. The third kappa shape index (κ3) is 2.38. The first-order chi connectivity index (χ1) is 9.30. The third-order valence-electron chi connectivity index (χ3n) is 4.09. The lowest BCUT2D eigenvalue weighted by atomic mass is 9.80. The molecular weight excluding hydrogens is 287 g/mol. The summed E-state index contributed by atoms with van der Waals surface area (Å²) in [5, 5.41) is 3.42. The highest BCUT2D eigenvalue weighted by Gasteiger charge is 2.46. The fourth-order valence-electron chi connectivity index (χ4n) is 3.54. The van der Waals surface area contributed by atoms with Crippen molar-refractivity contribution in [1.82, 2.24) is 5.32 Å². The molecular formula is C14H18F3NOS. The van der Waals surface area contributed by atoms with Gasteiger partial charge in [0.05, 0.1) is 6.61 Å². The molecule has 0 radical (unpaired) electrons. The van der Waals surface area contributed by atoms with Gasteiger partial charge in [0.1, 0.15) is 10.5 Å². The van der Waals surface area contributed by atoms with Crippen molar-refractivity contribution in [2.24, 2.45) is 0 Å². The highest BCUT2D eigenvalue weighted by Crippen LogP contribution is 2.49. The van der Waals surface area contributed by atoms with Crippen molar-refractivity contribution in [3.63, 3.8) is 0 Å². The number of hydrogen-bond donors (Lipinski definition) is 1. The standard InChI is InChI=1S/C14H18F3NOS/c1-8-6-13(7-9(2)18-8)12-10(3-4-19-13)5-11(20-12)14(15,16)17/h5,8-9,18H,3-4,6-7H2,1-2H3. The molecule has 1 N–H and O–H groups in total. The van der Waals surface area contributed by atoms with Crippen molar-refractivity contribution in [1.29, 1.82) is 0 Å². The maximum absolute atomic E-state index is 12.9. The quantitative estimate of drug-likeness (QED) is 0.789. The minimum absolute atomic E-state index is 0.251. The molecule has 0 amide bonds. The zero-order valence-electron chi connectivity index (χ0n) is 11.5. The Labute approximate surface area is 120 Å². The molecule has 3 heterocycles. The van der Waals surface area contributed by atoms with Gasteiger partial charge in [0.15, 0.2) is 0 Å². The van der Waals surface area contributed by atoms with E-state index < -0.39 is 16.7 Å². The van der Waals surface area contributed by atoms with E-state index in [1.165, 1.54) is 6.07 Å². The van der Waals surface area contributed by atoms with Gasteiger partial charge >= 0.3 is 6.18 Å². The first-order valence-corrected chi connectivity index (χ1v) is 7.72. The Kier molecular flexibility index (Phi) is 3.38. The summed E-state index contributed by atoms with van der Waals surface area (Å²) < 4.78 is 44.8. The molecule has 20 heavy (non-hydrogen) atoms. The molecule has 2 unspecified atom stereocenters. The number of thiophene rings is 1. The zero-order valence-corrected chi connectivity index (χ0v) is 12.3. The molecule has 2 nitrogen and oxygen atoms in total. The lowest BCUT2D eigenvalue weighted by Gasteiger charge is -2.45. The normalized spacial score (nSPS) is 34.2. The van der Waals surface area contributed by atoms with Crippen LogP contribution in [-0.2, 0) is 22.9 Å². The number of halogens is 3. The van der Waals surface area contributed by atoms with Crippen molar-refractivity contribution in [3.05, 3.63) is 21.4 Å². The van der Waals surface area contributed by atoms with Crippen LogP contribution in [0.5, 0.6) is 0 Å². The second kappa shape index (κ2) is 4.71. The number of hydrogen-bond acceptors (Lipinski definition) is 3. The summed E-state index contributed by atoms with van der Waals surface area (Å²) in [6, 6.07) is 1.82. The highest BCUT2D eigenvalue weighted by molar-refractivity contribution is 7.12. The molecule has 2 aliphatic heterocycles. The first kappa shape index (κ1) is 14.4. The van der Waals surface area contributed by atoms with Gasteiger partial charge in [0.25, 0.3) is 0 Å². The predicted molar refractivity (Wildman–Crippen MR) is 71.9 cm³/mol. The lowest BCUT2D eigenvalue weighted by Crippen LogP contribution is -2.52. The van der Waals surface area contributed by atoms with Gasteiger partial charge in [-0.3, -0.25) is 0 Å². The van der Waals surface area contributed by atoms with Crippen LogP contribution in [0.2, 0.25) is 0 Å². The largest absolute Gasteiger partial charge is 0.425 e. The van der Waals surface area contributed by atoms with Crippen LogP contribution in [0.4, 0.5) is 13.2 Å². The van der Waals surface area contributed by atoms with E-state index in [2.05, 4.69) is 19.2 Å². The Morgan fingerprint density at radius 2 is 1.95 bits per heavy atom. The fraction of sp³-hybridized carbons (Fsp3) is 0.714. The van der Waals surface area contributed by atoms with Crippen LogP contribution in [-0.4, -0.2) is 18.7 Å². The molecule has 0 aromatic carbocycles. The second-order valence-corrected chi connectivity index (χ2v) is 6.98. The number of ether oxygens (including phenoxy) is 1. The fourth-order valence-corrected chi connectivity index (χ4v) is 4.78. The monoisotopic (exact) mass is 305 g/mol. The van der Waals surface area contributed by atoms with Crippen LogP contribution in [0.15, 0.2) is 6.07 Å². The van der Waals surface area contributed by atoms with Crippen molar-refractivity contribution in [2.75, 3.05) is 6.61 Å². The van der Waals surface area contributed by atoms with E-state index in [-0.39, 0.29) is 12.1 Å². The third-order valence-corrected chi connectivity index (χ3v) is 5.50. The average Bonchev–Trinajstić information content (AvgIpc) is 2.72. The van der Waals surface area contributed by atoms with Crippen LogP contribution in [0, 0.1) is 0 Å². The van der Waals surface area contributed by atoms with Crippen LogP contribution < -0.4 is 5.32 Å². The summed E-state index contributed by atoms with van der Waals surface area (Å²) in [7, 11) is 0. The van der Waals surface area contributed by atoms with Crippen molar-refractivity contribution < 1.29 is 17.9 Å². The van der Waals surface area contributed by atoms with Gasteiger partial charge in [-0.25, -0.2) is 0 Å². The Morgan fingerprint density at radius 3 is 2.55 bits per heavy atom. The van der Waals surface area contributed by atoms with Crippen molar-refractivity contribution in [3.8, 4) is 0 Å². The van der Waals surface area contributed by atoms with Gasteiger partial charge < -0.3 is 10.1 Å². The van der Waals surface area contributed by atoms with Gasteiger partial charge in [-0.1, -0.05) is 0 Å². The minimum Gasteiger partial charge on any atom is -0.369 e. The van der Waals surface area contributed by atoms with Crippen molar-refractivity contribution >= 4 is 11.3 Å². The summed E-state index contributed by atoms with van der Waals surface area (Å²) in [4.78, 5) is 0.308. The van der Waals surface area contributed by atoms with Gasteiger partial charge in [-0.15, -0.1) is 11.3 Å². The number of alkyl halides is 3. The maximum atomic E-state index is 12.9. The summed E-state index contributed by atoms with van der Waals surface area (Å²) in [5.74, 6) is 0. The van der Waals surface area contributed by atoms with Gasteiger partial charge in [0, 0.05) is 17.0 Å². The average molecular weight is 305 g/mol. The highest BCUT2D eigenvalue weighted by atomic mass is 32.1. The van der Waals surface area contributed by atoms with E-state index in [9.17, 15) is 13.2 Å². The molecule has 2 atom stereocenters. The summed E-state index contributed by atoms with van der Waals surface area (Å²) in [5.41, 5.74) is 0.307.